The van der Waals surface area contributed by atoms with E-state index in [1.165, 1.54) is 0 Å². The van der Waals surface area contributed by atoms with Crippen LogP contribution in [0.25, 0.3) is 0 Å². The summed E-state index contributed by atoms with van der Waals surface area (Å²) >= 11 is 0. The molecule has 9 nitrogen and oxygen atoms in total. The van der Waals surface area contributed by atoms with Crippen LogP contribution in [0.3, 0.4) is 0 Å². The molecule has 0 bridgehead atoms. The fourth-order valence-corrected chi connectivity index (χ4v) is 0. The SMILES string of the molecule is Cl.O=C([O-])[O-].O=C([O-])[O-].O=C([O-])[O-].[Al+3].[Al+3].[H-].[Na+]. The summed E-state index contributed by atoms with van der Waals surface area (Å²) in [5.74, 6) is 0. The molecule has 0 aliphatic rings. The van der Waals surface area contributed by atoms with Crippen LogP contribution in [-0.2, 0) is 0 Å². The largest absolute Gasteiger partial charge is 3.00 e. The molecule has 16 heavy (non-hydrogen) atoms. The van der Waals surface area contributed by atoms with E-state index in [1.54, 1.807) is 0 Å². The molecule has 0 saturated heterocycles. The zero-order valence-corrected chi connectivity index (χ0v) is 12.9. The second kappa shape index (κ2) is 36.2. The summed E-state index contributed by atoms with van der Waals surface area (Å²) in [7, 11) is 0. The van der Waals surface area contributed by atoms with Crippen LogP contribution in [0.5, 0.6) is 0 Å². The Hall–Kier alpha value is 0.165. The maximum Gasteiger partial charge on any atom is 3.00 e. The average Bonchev–Trinajstić information content (AvgIpc) is 1.54. The van der Waals surface area contributed by atoms with E-state index in [1.807, 2.05) is 0 Å². The topological polar surface area (TPSA) is 190 Å². The molecular weight excluding hydrogens is 292 g/mol. The van der Waals surface area contributed by atoms with Crippen molar-refractivity contribution in [3.8, 4) is 0 Å². The molecule has 0 aliphatic heterocycles. The van der Waals surface area contributed by atoms with E-state index in [0.29, 0.717) is 0 Å². The van der Waals surface area contributed by atoms with Gasteiger partial charge in [-0.2, -0.15) is 0 Å². The Bertz CT molecular complexity index is 132. The van der Waals surface area contributed by atoms with Crippen molar-refractivity contribution in [1.82, 2.24) is 0 Å². The summed E-state index contributed by atoms with van der Waals surface area (Å²) in [6.45, 7) is 0. The minimum atomic E-state index is -2.33. The van der Waals surface area contributed by atoms with Crippen molar-refractivity contribution in [2.45, 2.75) is 0 Å². The standard InChI is InChI=1S/3CH2O3.2Al.ClH.Na.H/c3*2-1(3)4;;;;;/h3*(H2,2,3,4);;;1H;;/q;;;2*+3;;+1;-1/p-6. The number of hydrogen-bond acceptors (Lipinski definition) is 9. The van der Waals surface area contributed by atoms with Gasteiger partial charge >= 0.3 is 64.3 Å². The van der Waals surface area contributed by atoms with Crippen LogP contribution < -0.4 is 60.2 Å². The summed E-state index contributed by atoms with van der Waals surface area (Å²) in [4.78, 5) is 25.0. The predicted molar refractivity (Wildman–Crippen MR) is 36.1 cm³/mol. The molecule has 0 heterocycles. The Morgan fingerprint density at radius 1 is 0.625 bits per heavy atom. The van der Waals surface area contributed by atoms with Gasteiger partial charge in [0.05, 0.1) is 0 Å². The number of carbonyl (C=O) groups excluding carboxylic acids is 3. The van der Waals surface area contributed by atoms with Crippen LogP contribution in [0.15, 0.2) is 0 Å². The first-order chi connectivity index (χ1) is 5.20. The quantitative estimate of drug-likeness (QED) is 0.390. The van der Waals surface area contributed by atoms with Gasteiger partial charge in [0.2, 0.25) is 0 Å². The van der Waals surface area contributed by atoms with Crippen LogP contribution in [0.1, 0.15) is 1.43 Å². The molecule has 0 rings (SSSR count). The van der Waals surface area contributed by atoms with E-state index < -0.39 is 18.5 Å². The van der Waals surface area contributed by atoms with E-state index in [2.05, 4.69) is 0 Å². The third-order valence-electron chi connectivity index (χ3n) is 0. The van der Waals surface area contributed by atoms with Crippen molar-refractivity contribution >= 4 is 65.6 Å². The Balaban J connectivity index is -0.0000000104. The molecule has 0 amide bonds. The number of hydrogen-bond donors (Lipinski definition) is 0. The molecule has 82 valence electrons. The Morgan fingerprint density at radius 2 is 0.625 bits per heavy atom. The number of halogens is 1. The van der Waals surface area contributed by atoms with Crippen LogP contribution in [-0.4, -0.2) is 53.2 Å². The van der Waals surface area contributed by atoms with Crippen LogP contribution in [0.4, 0.5) is 14.4 Å². The predicted octanol–water partition coefficient (Wildman–Crippen LogP) is -10.6. The van der Waals surface area contributed by atoms with Gasteiger partial charge in [0, 0.05) is 0 Å². The maximum atomic E-state index is 8.33. The molecule has 13 heteroatoms. The van der Waals surface area contributed by atoms with Crippen molar-refractivity contribution in [2.75, 3.05) is 0 Å². The number of carboxylic acid groups (broad SMARTS) is 6. The minimum absolute atomic E-state index is 0. The molecule has 0 N–H and O–H groups in total. The smallest absolute Gasteiger partial charge is 1.00 e. The van der Waals surface area contributed by atoms with Crippen LogP contribution in [0, 0.1) is 0 Å². The summed E-state index contributed by atoms with van der Waals surface area (Å²) in [6, 6.07) is 0. The van der Waals surface area contributed by atoms with E-state index in [0.717, 1.165) is 0 Å². The molecule has 0 aromatic carbocycles. The molecule has 0 spiro atoms. The van der Waals surface area contributed by atoms with Gasteiger partial charge in [0.25, 0.3) is 0 Å². The third kappa shape index (κ3) is 90200. The second-order valence-corrected chi connectivity index (χ2v) is 0.750. The van der Waals surface area contributed by atoms with Gasteiger partial charge in [0.15, 0.2) is 0 Å². The first-order valence-corrected chi connectivity index (χ1v) is 1.84. The number of carbonyl (C=O) groups is 3. The van der Waals surface area contributed by atoms with Crippen molar-refractivity contribution < 1.29 is 76.0 Å². The van der Waals surface area contributed by atoms with E-state index >= 15 is 0 Å². The first kappa shape index (κ1) is 44.3. The van der Waals surface area contributed by atoms with E-state index in [4.69, 9.17) is 45.0 Å². The van der Waals surface area contributed by atoms with Gasteiger partial charge < -0.3 is 46.4 Å². The second-order valence-electron chi connectivity index (χ2n) is 0.750. The molecule has 0 saturated carbocycles. The van der Waals surface area contributed by atoms with Crippen molar-refractivity contribution in [1.29, 1.82) is 0 Å². The van der Waals surface area contributed by atoms with Crippen molar-refractivity contribution in [3.63, 3.8) is 0 Å². The van der Waals surface area contributed by atoms with Gasteiger partial charge in [-0.3, -0.25) is 0 Å². The molecule has 0 fully saturated rings. The van der Waals surface area contributed by atoms with Gasteiger partial charge in [-0.1, -0.05) is 0 Å². The van der Waals surface area contributed by atoms with Crippen LogP contribution in [0.2, 0.25) is 0 Å². The van der Waals surface area contributed by atoms with Crippen LogP contribution >= 0.6 is 12.4 Å². The Labute approximate surface area is 141 Å². The fourth-order valence-electron chi connectivity index (χ4n) is 0. The molecule has 0 aliphatic carbocycles. The molecule has 0 atom stereocenters. The van der Waals surface area contributed by atoms with E-state index in [-0.39, 0.29) is 78.1 Å². The summed E-state index contributed by atoms with van der Waals surface area (Å²) in [5.41, 5.74) is 0. The summed E-state index contributed by atoms with van der Waals surface area (Å²) in [5, 5.41) is 50.0. The summed E-state index contributed by atoms with van der Waals surface area (Å²) < 4.78 is 0. The molecular formula is C3H2Al2ClNaO9. The zero-order chi connectivity index (χ0) is 10.7. The molecule has 0 aromatic heterocycles. The molecule has 0 aromatic rings. The number of rotatable bonds is 0. The fraction of sp³-hybridized carbons (Fsp3) is 0. The van der Waals surface area contributed by atoms with Crippen molar-refractivity contribution in [3.05, 3.63) is 0 Å². The summed E-state index contributed by atoms with van der Waals surface area (Å²) in [6.07, 6.45) is -7.00. The van der Waals surface area contributed by atoms with Gasteiger partial charge in [-0.25, -0.2) is 0 Å². The van der Waals surface area contributed by atoms with Gasteiger partial charge in [-0.15, -0.1) is 12.4 Å². The molecule has 0 unspecified atom stereocenters. The monoisotopic (exact) mass is 294 g/mol. The van der Waals surface area contributed by atoms with Crippen molar-refractivity contribution in [2.24, 2.45) is 0 Å². The molecule has 0 radical (unpaired) electrons. The Morgan fingerprint density at radius 3 is 0.625 bits per heavy atom. The van der Waals surface area contributed by atoms with Gasteiger partial charge in [-0.05, 0) is 18.5 Å². The van der Waals surface area contributed by atoms with E-state index in [9.17, 15) is 0 Å². The first-order valence-electron chi connectivity index (χ1n) is 1.84. The van der Waals surface area contributed by atoms with Gasteiger partial charge in [0.1, 0.15) is 0 Å². The average molecular weight is 294 g/mol. The third-order valence-corrected chi connectivity index (χ3v) is 0. The minimum Gasteiger partial charge on any atom is -1.00 e. The Kier molecular flexibility index (Phi) is 100. The zero-order valence-electron chi connectivity index (χ0n) is 8.74. The normalized spacial score (nSPS) is 4.50. The maximum absolute atomic E-state index is 8.33.